The first-order valence-electron chi connectivity index (χ1n) is 17.5. The second-order valence-corrected chi connectivity index (χ2v) is 16.8. The number of allylic oxidation sites excluding steroid dienone is 2. The SMILES string of the molecule is C=C[C@@H]1C[C@]1(NC(=O)[C@@H]1C[C@@H](Oc2nccc3cc(OC)ccc23)CN1C(=O)[C@H](CC(=O)C(C)=CC)N(C(=O)O)C(C)(C)C)C(=O)NS(=O)(=O)C1CC1. The highest BCUT2D eigenvalue weighted by molar-refractivity contribution is 7.91. The summed E-state index contributed by atoms with van der Waals surface area (Å²) >= 11 is 0. The fourth-order valence-electron chi connectivity index (χ4n) is 6.77. The Labute approximate surface area is 308 Å². The molecule has 1 aliphatic heterocycles. The van der Waals surface area contributed by atoms with E-state index in [2.05, 4.69) is 21.6 Å². The molecule has 0 unspecified atom stereocenters. The van der Waals surface area contributed by atoms with E-state index in [-0.39, 0.29) is 25.3 Å². The molecular formula is C37H47N5O10S. The molecule has 2 aliphatic carbocycles. The van der Waals surface area contributed by atoms with Gasteiger partial charge in [-0.3, -0.25) is 28.8 Å². The van der Waals surface area contributed by atoms with Crippen molar-refractivity contribution in [2.75, 3.05) is 13.7 Å². The van der Waals surface area contributed by atoms with E-state index in [1.165, 1.54) is 11.0 Å². The van der Waals surface area contributed by atoms with Crippen molar-refractivity contribution < 1.29 is 47.0 Å². The molecule has 0 bridgehead atoms. The lowest BCUT2D eigenvalue weighted by atomic mass is 9.96. The number of ether oxygens (including phenoxy) is 2. The third-order valence-electron chi connectivity index (χ3n) is 10.1. The van der Waals surface area contributed by atoms with Gasteiger partial charge in [0.05, 0.1) is 18.9 Å². The summed E-state index contributed by atoms with van der Waals surface area (Å²) in [4.78, 5) is 75.0. The van der Waals surface area contributed by atoms with Crippen molar-refractivity contribution in [2.24, 2.45) is 5.92 Å². The Morgan fingerprint density at radius 3 is 2.45 bits per heavy atom. The molecule has 1 aromatic carbocycles. The number of nitrogens with zero attached hydrogens (tertiary/aromatic N) is 3. The first-order valence-corrected chi connectivity index (χ1v) is 19.0. The highest BCUT2D eigenvalue weighted by Gasteiger charge is 2.62. The van der Waals surface area contributed by atoms with Gasteiger partial charge in [-0.15, -0.1) is 6.58 Å². The summed E-state index contributed by atoms with van der Waals surface area (Å²) in [5.74, 6) is -2.71. The number of carboxylic acid groups (broad SMARTS) is 1. The fraction of sp³-hybridized carbons (Fsp3) is 0.514. The number of aromatic nitrogens is 1. The first kappa shape index (κ1) is 39.2. The number of sulfonamides is 1. The average Bonchev–Trinajstić information content (AvgIpc) is 4.03. The van der Waals surface area contributed by atoms with Crippen LogP contribution in [0.25, 0.3) is 10.8 Å². The van der Waals surface area contributed by atoms with Crippen LogP contribution in [0.4, 0.5) is 4.79 Å². The van der Waals surface area contributed by atoms with Gasteiger partial charge >= 0.3 is 6.09 Å². The number of carbonyl (C=O) groups excluding carboxylic acids is 4. The number of likely N-dealkylation sites (tertiary alicyclic amines) is 1. The predicted molar refractivity (Wildman–Crippen MR) is 195 cm³/mol. The van der Waals surface area contributed by atoms with Crippen molar-refractivity contribution in [1.29, 1.82) is 0 Å². The number of rotatable bonds is 14. The van der Waals surface area contributed by atoms with Gasteiger partial charge in [-0.05, 0) is 89.1 Å². The van der Waals surface area contributed by atoms with Crippen LogP contribution in [-0.2, 0) is 29.2 Å². The van der Waals surface area contributed by atoms with Gasteiger partial charge in [0.1, 0.15) is 29.5 Å². The monoisotopic (exact) mass is 753 g/mol. The minimum Gasteiger partial charge on any atom is -0.497 e. The molecule has 3 fully saturated rings. The van der Waals surface area contributed by atoms with Crippen LogP contribution in [0.3, 0.4) is 0 Å². The number of hydrogen-bond acceptors (Lipinski definition) is 10. The van der Waals surface area contributed by atoms with Crippen molar-refractivity contribution in [1.82, 2.24) is 24.8 Å². The van der Waals surface area contributed by atoms with E-state index in [1.807, 2.05) is 0 Å². The predicted octanol–water partition coefficient (Wildman–Crippen LogP) is 3.33. The second kappa shape index (κ2) is 14.8. The Hall–Kier alpha value is -4.99. The number of nitrogens with one attached hydrogen (secondary N) is 2. The molecule has 3 aliphatic rings. The van der Waals surface area contributed by atoms with Crippen LogP contribution < -0.4 is 19.5 Å². The Morgan fingerprint density at radius 2 is 1.89 bits per heavy atom. The zero-order valence-corrected chi connectivity index (χ0v) is 31.6. The van der Waals surface area contributed by atoms with Gasteiger partial charge in [0.15, 0.2) is 5.78 Å². The van der Waals surface area contributed by atoms with Crippen LogP contribution >= 0.6 is 0 Å². The molecule has 15 nitrogen and oxygen atoms in total. The average molecular weight is 754 g/mol. The number of amides is 4. The summed E-state index contributed by atoms with van der Waals surface area (Å²) < 4.78 is 39.2. The van der Waals surface area contributed by atoms with Gasteiger partial charge in [-0.1, -0.05) is 12.2 Å². The molecule has 286 valence electrons. The maximum atomic E-state index is 14.7. The van der Waals surface area contributed by atoms with E-state index >= 15 is 0 Å². The minimum absolute atomic E-state index is 0.0782. The molecule has 1 saturated heterocycles. The van der Waals surface area contributed by atoms with Crippen LogP contribution in [0.15, 0.2) is 54.8 Å². The Balaban J connectivity index is 1.51. The zero-order valence-electron chi connectivity index (χ0n) is 30.7. The quantitative estimate of drug-likeness (QED) is 0.189. The Bertz CT molecular complexity index is 1970. The Morgan fingerprint density at radius 1 is 1.19 bits per heavy atom. The number of carbonyl (C=O) groups is 5. The third-order valence-corrected chi connectivity index (χ3v) is 11.9. The molecule has 5 atom stereocenters. The van der Waals surface area contributed by atoms with E-state index in [4.69, 9.17) is 9.47 Å². The lowest BCUT2D eigenvalue weighted by Gasteiger charge is -2.40. The zero-order chi connectivity index (χ0) is 39.0. The minimum atomic E-state index is -3.95. The summed E-state index contributed by atoms with van der Waals surface area (Å²) in [5, 5.41) is 13.8. The molecule has 5 rings (SSSR count). The first-order chi connectivity index (χ1) is 24.9. The lowest BCUT2D eigenvalue weighted by molar-refractivity contribution is -0.145. The molecule has 0 spiro atoms. The summed E-state index contributed by atoms with van der Waals surface area (Å²) in [6.07, 6.45) is 2.61. The van der Waals surface area contributed by atoms with Crippen LogP contribution in [0.1, 0.15) is 66.7 Å². The number of methoxy groups -OCH3 is 1. The standard InChI is InChI=1S/C37H47N5O10S/c1-8-21(3)30(43)18-29(42(35(47)48)36(4,5)6)33(45)41-20-25(52-32-27-13-10-24(51-7)16-22(27)14-15-38-32)17-28(41)31(44)39-37(19-23(37)9-2)34(46)40-53(49,50)26-11-12-26/h8-10,13-16,23,25-26,28-29H,2,11-12,17-20H2,1,3-7H3,(H,39,44)(H,40,46)(H,47,48)/t23-,25-,28+,29+,37-/m1/s1. The second-order valence-electron chi connectivity index (χ2n) is 14.8. The number of fused-ring (bicyclic) bond motifs is 1. The number of benzene rings is 1. The summed E-state index contributed by atoms with van der Waals surface area (Å²) in [7, 11) is -2.41. The summed E-state index contributed by atoms with van der Waals surface area (Å²) in [5.41, 5.74) is -2.45. The summed E-state index contributed by atoms with van der Waals surface area (Å²) in [6, 6.07) is 4.22. The molecule has 1 aromatic heterocycles. The molecule has 53 heavy (non-hydrogen) atoms. The molecule has 2 heterocycles. The topological polar surface area (TPSA) is 202 Å². The van der Waals surface area contributed by atoms with Crippen molar-refractivity contribution in [3.8, 4) is 11.6 Å². The van der Waals surface area contributed by atoms with Crippen molar-refractivity contribution in [3.63, 3.8) is 0 Å². The van der Waals surface area contributed by atoms with Gasteiger partial charge in [-0.2, -0.15) is 0 Å². The van der Waals surface area contributed by atoms with Crippen molar-refractivity contribution in [3.05, 3.63) is 54.8 Å². The molecule has 3 N–H and O–H groups in total. The van der Waals surface area contributed by atoms with E-state index < -0.39 is 86.5 Å². The molecular weight excluding hydrogens is 706 g/mol. The van der Waals surface area contributed by atoms with Crippen LogP contribution in [0.2, 0.25) is 0 Å². The smallest absolute Gasteiger partial charge is 0.408 e. The number of Topliss-reactive ketones (excluding diaryl/α,β-unsaturated/α-hetero) is 1. The van der Waals surface area contributed by atoms with Crippen LogP contribution in [0.5, 0.6) is 11.6 Å². The molecule has 2 aromatic rings. The van der Waals surface area contributed by atoms with Gasteiger partial charge in [0, 0.05) is 35.9 Å². The van der Waals surface area contributed by atoms with Gasteiger partial charge in [0.25, 0.3) is 5.91 Å². The van der Waals surface area contributed by atoms with Gasteiger partial charge in [-0.25, -0.2) is 18.2 Å². The normalized spacial score (nSPS) is 23.5. The van der Waals surface area contributed by atoms with E-state index in [0.29, 0.717) is 29.6 Å². The molecule has 0 radical (unpaired) electrons. The van der Waals surface area contributed by atoms with Gasteiger partial charge < -0.3 is 24.8 Å². The highest BCUT2D eigenvalue weighted by atomic mass is 32.2. The molecule has 2 saturated carbocycles. The maximum Gasteiger partial charge on any atom is 0.408 e. The lowest BCUT2D eigenvalue weighted by Crippen LogP contribution is -2.61. The number of hydrogen-bond donors (Lipinski definition) is 3. The fourth-order valence-corrected chi connectivity index (χ4v) is 8.13. The molecule has 4 amide bonds. The van der Waals surface area contributed by atoms with Crippen molar-refractivity contribution in [2.45, 2.75) is 101 Å². The van der Waals surface area contributed by atoms with E-state index in [9.17, 15) is 37.5 Å². The van der Waals surface area contributed by atoms with Crippen LogP contribution in [-0.4, -0.2) is 106 Å². The van der Waals surface area contributed by atoms with Crippen LogP contribution in [0, 0.1) is 5.92 Å². The molecule has 16 heteroatoms. The highest BCUT2D eigenvalue weighted by Crippen LogP contribution is 2.45. The van der Waals surface area contributed by atoms with E-state index in [0.717, 1.165) is 10.3 Å². The Kier molecular flexibility index (Phi) is 11.0. The van der Waals surface area contributed by atoms with Crippen molar-refractivity contribution >= 4 is 50.4 Å². The maximum absolute atomic E-state index is 14.7. The van der Waals surface area contributed by atoms with Gasteiger partial charge in [0.2, 0.25) is 27.7 Å². The summed E-state index contributed by atoms with van der Waals surface area (Å²) in [6.45, 7) is 11.5. The number of pyridine rings is 1. The largest absolute Gasteiger partial charge is 0.497 e. The third kappa shape index (κ3) is 8.16. The number of ketones is 1. The van der Waals surface area contributed by atoms with E-state index in [1.54, 1.807) is 78.3 Å².